The second-order valence-electron chi connectivity index (χ2n) is 1.90. The van der Waals surface area contributed by atoms with Crippen molar-refractivity contribution in [2.45, 2.75) is 0 Å². The van der Waals surface area contributed by atoms with Crippen molar-refractivity contribution < 1.29 is 4.39 Å². The van der Waals surface area contributed by atoms with Crippen LogP contribution >= 0.6 is 39.7 Å². The Morgan fingerprint density at radius 2 is 2.18 bits per heavy atom. The fourth-order valence-electron chi connectivity index (χ4n) is 0.649. The number of thiocarbonyl (C=S) groups is 1. The third kappa shape index (κ3) is 2.22. The lowest BCUT2D eigenvalue weighted by Gasteiger charge is -1.97. The van der Waals surface area contributed by atoms with E-state index in [1.54, 1.807) is 6.07 Å². The predicted octanol–water partition coefficient (Wildman–Crippen LogP) is 3.50. The van der Waals surface area contributed by atoms with Crippen LogP contribution in [0, 0.1) is 5.82 Å². The highest BCUT2D eigenvalue weighted by molar-refractivity contribution is 9.10. The SMILES string of the molecule is Fc1cc(Br)ccc1C(=S)Cl. The summed E-state index contributed by atoms with van der Waals surface area (Å²) in [5, 5.41) is 0. The van der Waals surface area contributed by atoms with Crippen molar-refractivity contribution >= 4 is 44.1 Å². The molecule has 1 rings (SSSR count). The fourth-order valence-corrected chi connectivity index (χ4v) is 1.30. The molecule has 0 bridgehead atoms. The zero-order chi connectivity index (χ0) is 8.43. The maximum atomic E-state index is 12.9. The minimum atomic E-state index is -0.403. The van der Waals surface area contributed by atoms with Crippen molar-refractivity contribution in [1.82, 2.24) is 0 Å². The molecule has 0 nitrogen and oxygen atoms in total. The van der Waals surface area contributed by atoms with Crippen LogP contribution in [0.1, 0.15) is 5.56 Å². The van der Waals surface area contributed by atoms with Crippen LogP contribution in [0.5, 0.6) is 0 Å². The quantitative estimate of drug-likeness (QED) is 0.545. The van der Waals surface area contributed by atoms with Gasteiger partial charge in [-0.05, 0) is 18.2 Å². The summed E-state index contributed by atoms with van der Waals surface area (Å²) in [5.41, 5.74) is 0.268. The van der Waals surface area contributed by atoms with E-state index in [9.17, 15) is 4.39 Å². The smallest absolute Gasteiger partial charge is 0.133 e. The van der Waals surface area contributed by atoms with Gasteiger partial charge in [0.05, 0.1) is 0 Å². The molecule has 1 aromatic carbocycles. The zero-order valence-corrected chi connectivity index (χ0v) is 8.43. The van der Waals surface area contributed by atoms with Gasteiger partial charge < -0.3 is 0 Å². The van der Waals surface area contributed by atoms with Crippen molar-refractivity contribution in [3.63, 3.8) is 0 Å². The van der Waals surface area contributed by atoms with E-state index in [4.69, 9.17) is 11.6 Å². The second kappa shape index (κ2) is 3.61. The zero-order valence-electron chi connectivity index (χ0n) is 5.27. The molecule has 0 spiro atoms. The molecule has 4 heteroatoms. The Morgan fingerprint density at radius 3 is 2.64 bits per heavy atom. The van der Waals surface area contributed by atoms with Gasteiger partial charge in [0.2, 0.25) is 0 Å². The van der Waals surface area contributed by atoms with Gasteiger partial charge in [0, 0.05) is 10.0 Å². The summed E-state index contributed by atoms with van der Waals surface area (Å²) in [4.78, 5) is 0. The Labute approximate surface area is 82.5 Å². The van der Waals surface area contributed by atoms with Gasteiger partial charge in [-0.1, -0.05) is 39.7 Å². The predicted molar refractivity (Wildman–Crippen MR) is 51.7 cm³/mol. The van der Waals surface area contributed by atoms with Gasteiger partial charge in [-0.2, -0.15) is 0 Å². The molecule has 0 fully saturated rings. The third-order valence-electron chi connectivity index (χ3n) is 1.14. The van der Waals surface area contributed by atoms with Crippen molar-refractivity contribution in [1.29, 1.82) is 0 Å². The summed E-state index contributed by atoms with van der Waals surface area (Å²) in [6.45, 7) is 0. The lowest BCUT2D eigenvalue weighted by Crippen LogP contribution is -1.91. The lowest BCUT2D eigenvalue weighted by molar-refractivity contribution is 0.625. The van der Waals surface area contributed by atoms with Gasteiger partial charge >= 0.3 is 0 Å². The van der Waals surface area contributed by atoms with Gasteiger partial charge in [-0.3, -0.25) is 0 Å². The summed E-state index contributed by atoms with van der Waals surface area (Å²) in [6, 6.07) is 4.55. The molecular formula is C7H3BrClFS. The summed E-state index contributed by atoms with van der Waals surface area (Å²) in [7, 11) is 0. The first kappa shape index (κ1) is 9.10. The summed E-state index contributed by atoms with van der Waals surface area (Å²) < 4.78 is 13.6. The summed E-state index contributed by atoms with van der Waals surface area (Å²) in [6.07, 6.45) is 0. The summed E-state index contributed by atoms with van der Waals surface area (Å²) >= 11 is 13.2. The first-order valence-electron chi connectivity index (χ1n) is 2.76. The van der Waals surface area contributed by atoms with Crippen molar-refractivity contribution in [2.75, 3.05) is 0 Å². The van der Waals surface area contributed by atoms with Crippen LogP contribution < -0.4 is 0 Å². The Hall–Kier alpha value is 0.01000. The first-order chi connectivity index (χ1) is 5.11. The van der Waals surface area contributed by atoms with E-state index in [2.05, 4.69) is 28.1 Å². The molecule has 1 aromatic rings. The van der Waals surface area contributed by atoms with Crippen molar-refractivity contribution in [3.8, 4) is 0 Å². The molecule has 0 aromatic heterocycles. The number of halogens is 3. The fraction of sp³-hybridized carbons (Fsp3) is 0. The maximum Gasteiger partial charge on any atom is 0.133 e. The van der Waals surface area contributed by atoms with Crippen LogP contribution in [0.4, 0.5) is 4.39 Å². The Bertz CT molecular complexity index is 300. The third-order valence-corrected chi connectivity index (χ3v) is 2.06. The number of benzene rings is 1. The van der Waals surface area contributed by atoms with Gasteiger partial charge in [-0.25, -0.2) is 4.39 Å². The molecule has 0 saturated heterocycles. The van der Waals surface area contributed by atoms with Gasteiger partial charge in [0.15, 0.2) is 0 Å². The van der Waals surface area contributed by atoms with Crippen LogP contribution in [-0.2, 0) is 0 Å². The molecule has 58 valence electrons. The normalized spacial score (nSPS) is 9.73. The molecule has 11 heavy (non-hydrogen) atoms. The van der Waals surface area contributed by atoms with Crippen molar-refractivity contribution in [3.05, 3.63) is 34.1 Å². The minimum absolute atomic E-state index is 0.0509. The van der Waals surface area contributed by atoms with E-state index >= 15 is 0 Å². The Balaban J connectivity index is 3.20. The standard InChI is InChI=1S/C7H3BrClFS/c8-4-1-2-5(7(9)11)6(10)3-4/h1-3H. The number of hydrogen-bond acceptors (Lipinski definition) is 1. The van der Waals surface area contributed by atoms with E-state index in [-0.39, 0.29) is 9.89 Å². The lowest BCUT2D eigenvalue weighted by atomic mass is 10.2. The van der Waals surface area contributed by atoms with Crippen LogP contribution in [0.2, 0.25) is 0 Å². The van der Waals surface area contributed by atoms with E-state index in [1.165, 1.54) is 12.1 Å². The Kier molecular flexibility index (Phi) is 2.98. The first-order valence-corrected chi connectivity index (χ1v) is 4.34. The molecule has 0 aliphatic heterocycles. The number of hydrogen-bond donors (Lipinski definition) is 0. The molecule has 0 heterocycles. The average molecular weight is 254 g/mol. The molecule has 0 saturated carbocycles. The van der Waals surface area contributed by atoms with E-state index in [1.807, 2.05) is 0 Å². The molecule has 0 N–H and O–H groups in total. The molecule has 0 atom stereocenters. The molecule has 0 aliphatic rings. The van der Waals surface area contributed by atoms with Gasteiger partial charge in [0.25, 0.3) is 0 Å². The highest BCUT2D eigenvalue weighted by Gasteiger charge is 2.04. The maximum absolute atomic E-state index is 12.9. The molecule has 0 aliphatic carbocycles. The monoisotopic (exact) mass is 252 g/mol. The molecular weight excluding hydrogens is 250 g/mol. The summed E-state index contributed by atoms with van der Waals surface area (Å²) in [5.74, 6) is -0.403. The highest BCUT2D eigenvalue weighted by atomic mass is 79.9. The van der Waals surface area contributed by atoms with E-state index in [0.717, 1.165) is 0 Å². The van der Waals surface area contributed by atoms with Crippen LogP contribution in [-0.4, -0.2) is 4.32 Å². The van der Waals surface area contributed by atoms with Crippen molar-refractivity contribution in [2.24, 2.45) is 0 Å². The average Bonchev–Trinajstić information content (AvgIpc) is 1.85. The molecule has 0 radical (unpaired) electrons. The highest BCUT2D eigenvalue weighted by Crippen LogP contribution is 2.17. The minimum Gasteiger partial charge on any atom is -0.206 e. The van der Waals surface area contributed by atoms with E-state index < -0.39 is 5.82 Å². The van der Waals surface area contributed by atoms with Gasteiger partial charge in [-0.15, -0.1) is 0 Å². The van der Waals surface area contributed by atoms with Crippen LogP contribution in [0.3, 0.4) is 0 Å². The van der Waals surface area contributed by atoms with E-state index in [0.29, 0.717) is 4.47 Å². The molecule has 0 unspecified atom stereocenters. The van der Waals surface area contributed by atoms with Gasteiger partial charge in [0.1, 0.15) is 10.1 Å². The second-order valence-corrected chi connectivity index (χ2v) is 3.82. The topological polar surface area (TPSA) is 0 Å². The largest absolute Gasteiger partial charge is 0.206 e. The molecule has 0 amide bonds. The van der Waals surface area contributed by atoms with Crippen LogP contribution in [0.25, 0.3) is 0 Å². The Morgan fingerprint density at radius 1 is 1.55 bits per heavy atom. The number of rotatable bonds is 1. The van der Waals surface area contributed by atoms with Crippen LogP contribution in [0.15, 0.2) is 22.7 Å².